The number of aryl methyl sites for hydroxylation is 1. The fraction of sp³-hybridized carbons (Fsp3) is 0.412. The van der Waals surface area contributed by atoms with Gasteiger partial charge in [0.25, 0.3) is 0 Å². The van der Waals surface area contributed by atoms with E-state index in [4.69, 9.17) is 0 Å². The van der Waals surface area contributed by atoms with Gasteiger partial charge in [-0.2, -0.15) is 5.10 Å². The van der Waals surface area contributed by atoms with E-state index in [0.29, 0.717) is 31.0 Å². The van der Waals surface area contributed by atoms with Crippen LogP contribution in [0.15, 0.2) is 41.7 Å². The molecule has 0 atom stereocenters. The van der Waals surface area contributed by atoms with Gasteiger partial charge in [-0.1, -0.05) is 0 Å². The van der Waals surface area contributed by atoms with E-state index >= 15 is 0 Å². The van der Waals surface area contributed by atoms with Crippen LogP contribution in [0.5, 0.6) is 0 Å². The fourth-order valence-corrected chi connectivity index (χ4v) is 2.25. The normalized spacial score (nSPS) is 11.1. The highest BCUT2D eigenvalue weighted by Crippen LogP contribution is 2.09. The predicted molar refractivity (Wildman–Crippen MR) is 106 cm³/mol. The van der Waals surface area contributed by atoms with E-state index in [2.05, 4.69) is 20.7 Å². The van der Waals surface area contributed by atoms with Gasteiger partial charge in [0.1, 0.15) is 11.6 Å². The summed E-state index contributed by atoms with van der Waals surface area (Å²) in [6.07, 6.45) is 4.93. The molecule has 0 fully saturated rings. The average molecular weight is 463 g/mol. The molecule has 0 aliphatic rings. The van der Waals surface area contributed by atoms with Gasteiger partial charge in [0, 0.05) is 38.6 Å². The zero-order chi connectivity index (χ0) is 17.2. The number of aromatic nitrogens is 2. The maximum absolute atomic E-state index is 13.6. The Morgan fingerprint density at radius 3 is 2.84 bits per heavy atom. The Bertz CT molecular complexity index is 646. The molecule has 0 saturated carbocycles. The Labute approximate surface area is 163 Å². The Morgan fingerprint density at radius 2 is 2.12 bits per heavy atom. The van der Waals surface area contributed by atoms with Gasteiger partial charge in [0.05, 0.1) is 0 Å². The van der Waals surface area contributed by atoms with Crippen LogP contribution in [0.3, 0.4) is 0 Å². The van der Waals surface area contributed by atoms with Crippen LogP contribution in [0.4, 0.5) is 8.78 Å². The molecule has 1 heterocycles. The molecule has 0 amide bonds. The van der Waals surface area contributed by atoms with Crippen LogP contribution in [0.25, 0.3) is 0 Å². The highest BCUT2D eigenvalue weighted by atomic mass is 127. The summed E-state index contributed by atoms with van der Waals surface area (Å²) in [5, 5.41) is 10.4. The second kappa shape index (κ2) is 11.8. The van der Waals surface area contributed by atoms with Crippen molar-refractivity contribution < 1.29 is 8.78 Å². The standard InChI is InChI=1S/C17H23F2N5.HI/c1-2-20-17(21-8-3-11-24-12-4-9-23-24)22-10-7-14-13-15(18)5-6-16(14)19;/h4-6,9,12-13H,2-3,7-8,10-11H2,1H3,(H2,20,21,22);1H. The summed E-state index contributed by atoms with van der Waals surface area (Å²) in [5.41, 5.74) is 0.358. The number of nitrogens with one attached hydrogen (secondary N) is 2. The Morgan fingerprint density at radius 1 is 1.28 bits per heavy atom. The van der Waals surface area contributed by atoms with E-state index < -0.39 is 5.82 Å². The first-order valence-corrected chi connectivity index (χ1v) is 8.12. The molecule has 0 saturated heterocycles. The number of aliphatic imine (C=N–C) groups is 1. The van der Waals surface area contributed by atoms with Gasteiger partial charge in [0.15, 0.2) is 5.96 Å². The lowest BCUT2D eigenvalue weighted by molar-refractivity contribution is 0.580. The smallest absolute Gasteiger partial charge is 0.191 e. The van der Waals surface area contributed by atoms with E-state index in [1.54, 1.807) is 6.20 Å². The van der Waals surface area contributed by atoms with E-state index in [1.165, 1.54) is 6.07 Å². The van der Waals surface area contributed by atoms with Crippen molar-refractivity contribution in [2.24, 2.45) is 4.99 Å². The van der Waals surface area contributed by atoms with Gasteiger partial charge >= 0.3 is 0 Å². The summed E-state index contributed by atoms with van der Waals surface area (Å²) >= 11 is 0. The molecule has 2 N–H and O–H groups in total. The Hall–Kier alpha value is -1.71. The van der Waals surface area contributed by atoms with Crippen molar-refractivity contribution in [3.63, 3.8) is 0 Å². The number of guanidine groups is 1. The van der Waals surface area contributed by atoms with Crippen LogP contribution in [-0.2, 0) is 13.0 Å². The second-order valence-corrected chi connectivity index (χ2v) is 5.30. The predicted octanol–water partition coefficient (Wildman–Crippen LogP) is 2.97. The quantitative estimate of drug-likeness (QED) is 0.274. The highest BCUT2D eigenvalue weighted by Gasteiger charge is 2.04. The third kappa shape index (κ3) is 7.80. The maximum Gasteiger partial charge on any atom is 0.191 e. The zero-order valence-electron chi connectivity index (χ0n) is 14.2. The van der Waals surface area contributed by atoms with Crippen molar-refractivity contribution in [1.82, 2.24) is 20.4 Å². The van der Waals surface area contributed by atoms with Crippen molar-refractivity contribution in [2.75, 3.05) is 19.6 Å². The molecule has 1 aromatic heterocycles. The van der Waals surface area contributed by atoms with E-state index in [9.17, 15) is 8.78 Å². The van der Waals surface area contributed by atoms with Gasteiger partial charge in [0.2, 0.25) is 0 Å². The molecule has 5 nitrogen and oxygen atoms in total. The minimum atomic E-state index is -0.425. The third-order valence-corrected chi connectivity index (χ3v) is 3.41. The molecule has 0 aliphatic heterocycles. The first kappa shape index (κ1) is 21.3. The summed E-state index contributed by atoms with van der Waals surface area (Å²) in [4.78, 5) is 4.47. The van der Waals surface area contributed by atoms with Crippen molar-refractivity contribution in [3.05, 3.63) is 53.9 Å². The number of benzene rings is 1. The summed E-state index contributed by atoms with van der Waals surface area (Å²) in [5.74, 6) is -0.139. The molecule has 25 heavy (non-hydrogen) atoms. The van der Waals surface area contributed by atoms with Gasteiger partial charge in [-0.05, 0) is 49.6 Å². The summed E-state index contributed by atoms with van der Waals surface area (Å²) in [7, 11) is 0. The van der Waals surface area contributed by atoms with Gasteiger partial charge in [-0.15, -0.1) is 24.0 Å². The molecule has 2 rings (SSSR count). The van der Waals surface area contributed by atoms with Gasteiger partial charge < -0.3 is 10.6 Å². The van der Waals surface area contributed by atoms with E-state index in [-0.39, 0.29) is 29.8 Å². The number of nitrogens with zero attached hydrogens (tertiary/aromatic N) is 3. The summed E-state index contributed by atoms with van der Waals surface area (Å²) in [6.45, 7) is 4.66. The van der Waals surface area contributed by atoms with Crippen LogP contribution < -0.4 is 10.6 Å². The van der Waals surface area contributed by atoms with Crippen LogP contribution in [0.1, 0.15) is 18.9 Å². The fourth-order valence-electron chi connectivity index (χ4n) is 2.25. The molecule has 0 aliphatic carbocycles. The number of hydrogen-bond acceptors (Lipinski definition) is 2. The third-order valence-electron chi connectivity index (χ3n) is 3.41. The van der Waals surface area contributed by atoms with Crippen LogP contribution in [0.2, 0.25) is 0 Å². The molecule has 138 valence electrons. The minimum Gasteiger partial charge on any atom is -0.357 e. The summed E-state index contributed by atoms with van der Waals surface area (Å²) in [6, 6.07) is 5.39. The van der Waals surface area contributed by atoms with E-state index in [1.807, 2.05) is 23.9 Å². The SMILES string of the molecule is CCNC(=NCCCn1cccn1)NCCc1cc(F)ccc1F.I. The minimum absolute atomic E-state index is 0. The van der Waals surface area contributed by atoms with Crippen LogP contribution in [0, 0.1) is 11.6 Å². The van der Waals surface area contributed by atoms with Crippen molar-refractivity contribution in [3.8, 4) is 0 Å². The van der Waals surface area contributed by atoms with Crippen LogP contribution in [-0.4, -0.2) is 35.4 Å². The molecule has 2 aromatic rings. The molecule has 0 bridgehead atoms. The number of rotatable bonds is 8. The van der Waals surface area contributed by atoms with Gasteiger partial charge in [-0.3, -0.25) is 9.67 Å². The lowest BCUT2D eigenvalue weighted by atomic mass is 10.1. The highest BCUT2D eigenvalue weighted by molar-refractivity contribution is 14.0. The van der Waals surface area contributed by atoms with E-state index in [0.717, 1.165) is 31.6 Å². The molecule has 0 radical (unpaired) electrons. The van der Waals surface area contributed by atoms with Crippen molar-refractivity contribution in [2.45, 2.75) is 26.3 Å². The molecule has 8 heteroatoms. The Kier molecular flexibility index (Phi) is 10.0. The first-order chi connectivity index (χ1) is 11.7. The number of hydrogen-bond donors (Lipinski definition) is 2. The topological polar surface area (TPSA) is 54.2 Å². The monoisotopic (exact) mass is 463 g/mol. The van der Waals surface area contributed by atoms with Crippen LogP contribution >= 0.6 is 24.0 Å². The number of halogens is 3. The van der Waals surface area contributed by atoms with Gasteiger partial charge in [-0.25, -0.2) is 8.78 Å². The largest absolute Gasteiger partial charge is 0.357 e. The Balaban J connectivity index is 0.00000312. The lowest BCUT2D eigenvalue weighted by Gasteiger charge is -2.11. The zero-order valence-corrected chi connectivity index (χ0v) is 16.5. The molecular weight excluding hydrogens is 439 g/mol. The van der Waals surface area contributed by atoms with Crippen molar-refractivity contribution >= 4 is 29.9 Å². The summed E-state index contributed by atoms with van der Waals surface area (Å²) < 4.78 is 28.6. The lowest BCUT2D eigenvalue weighted by Crippen LogP contribution is -2.38. The average Bonchev–Trinajstić information content (AvgIpc) is 3.08. The molecule has 0 unspecified atom stereocenters. The molecular formula is C17H24F2IN5. The molecule has 0 spiro atoms. The van der Waals surface area contributed by atoms with Crippen molar-refractivity contribution in [1.29, 1.82) is 0 Å². The second-order valence-electron chi connectivity index (χ2n) is 5.30. The molecule has 1 aromatic carbocycles. The first-order valence-electron chi connectivity index (χ1n) is 8.12. The maximum atomic E-state index is 13.6.